The highest BCUT2D eigenvalue weighted by Crippen LogP contribution is 2.20. The molecule has 25 heavy (non-hydrogen) atoms. The van der Waals surface area contributed by atoms with Crippen LogP contribution >= 0.6 is 0 Å². The normalized spacial score (nSPS) is 17.9. The average Bonchev–Trinajstić information content (AvgIpc) is 3.23. The van der Waals surface area contributed by atoms with Crippen LogP contribution in [-0.2, 0) is 0 Å². The first kappa shape index (κ1) is 15.7. The van der Waals surface area contributed by atoms with E-state index in [9.17, 15) is 4.39 Å². The number of pyridine rings is 1. The second-order valence-electron chi connectivity index (χ2n) is 6.25. The van der Waals surface area contributed by atoms with Crippen LogP contribution in [0.1, 0.15) is 29.3 Å². The van der Waals surface area contributed by atoms with E-state index in [0.29, 0.717) is 25.3 Å². The summed E-state index contributed by atoms with van der Waals surface area (Å²) >= 11 is 0. The molecule has 4 heterocycles. The molecular formula is C18H19FN6. The number of hydrogen-bond donors (Lipinski definition) is 0. The number of rotatable bonds is 3. The molecule has 0 bridgehead atoms. The zero-order valence-corrected chi connectivity index (χ0v) is 14.2. The van der Waals surface area contributed by atoms with E-state index in [0.717, 1.165) is 28.5 Å². The maximum Gasteiger partial charge on any atom is 0.175 e. The molecular weight excluding hydrogens is 319 g/mol. The number of aromatic nitrogens is 5. The van der Waals surface area contributed by atoms with E-state index in [-0.39, 0.29) is 0 Å². The van der Waals surface area contributed by atoms with E-state index in [1.54, 1.807) is 10.7 Å². The SMILES string of the molecule is Cc1ncc2nc(C=Cc3cccc(N4CCC(F)C4)n3)nn2c1C. The molecule has 1 unspecified atom stereocenters. The smallest absolute Gasteiger partial charge is 0.175 e. The van der Waals surface area contributed by atoms with Gasteiger partial charge >= 0.3 is 0 Å². The Balaban J connectivity index is 1.58. The summed E-state index contributed by atoms with van der Waals surface area (Å²) in [5.74, 6) is 1.41. The summed E-state index contributed by atoms with van der Waals surface area (Å²) in [5, 5.41) is 4.49. The highest BCUT2D eigenvalue weighted by molar-refractivity contribution is 5.66. The molecule has 0 aliphatic carbocycles. The summed E-state index contributed by atoms with van der Waals surface area (Å²) < 4.78 is 15.2. The third-order valence-electron chi connectivity index (χ3n) is 4.48. The summed E-state index contributed by atoms with van der Waals surface area (Å²) in [6.07, 6.45) is 5.22. The predicted octanol–water partition coefficient (Wildman–Crippen LogP) is 2.85. The van der Waals surface area contributed by atoms with Gasteiger partial charge < -0.3 is 4.90 Å². The number of fused-ring (bicyclic) bond motifs is 1. The van der Waals surface area contributed by atoms with Crippen LogP contribution in [0.5, 0.6) is 0 Å². The molecule has 0 radical (unpaired) electrons. The summed E-state index contributed by atoms with van der Waals surface area (Å²) in [6, 6.07) is 5.76. The maximum absolute atomic E-state index is 13.4. The van der Waals surface area contributed by atoms with Gasteiger partial charge in [0.1, 0.15) is 12.0 Å². The molecule has 1 fully saturated rings. The molecule has 0 spiro atoms. The van der Waals surface area contributed by atoms with Gasteiger partial charge in [-0.1, -0.05) is 6.07 Å². The minimum atomic E-state index is -0.761. The van der Waals surface area contributed by atoms with E-state index >= 15 is 0 Å². The Kier molecular flexibility index (Phi) is 3.91. The Bertz CT molecular complexity index is 948. The standard InChI is InChI=1S/C18H19FN6/c1-12-13(2)25-18(10-20-12)22-16(23-25)7-6-15-4-3-5-17(21-15)24-9-8-14(19)11-24/h3-7,10,14H,8-9,11H2,1-2H3. The quantitative estimate of drug-likeness (QED) is 0.735. The first-order valence-electron chi connectivity index (χ1n) is 8.33. The second-order valence-corrected chi connectivity index (χ2v) is 6.25. The Morgan fingerprint density at radius 1 is 1.20 bits per heavy atom. The van der Waals surface area contributed by atoms with Gasteiger partial charge in [-0.05, 0) is 44.6 Å². The molecule has 0 aromatic carbocycles. The number of halogens is 1. The highest BCUT2D eigenvalue weighted by Gasteiger charge is 2.22. The van der Waals surface area contributed by atoms with Gasteiger partial charge in [0, 0.05) is 6.54 Å². The molecule has 1 saturated heterocycles. The summed E-state index contributed by atoms with van der Waals surface area (Å²) in [7, 11) is 0. The number of aryl methyl sites for hydroxylation is 2. The van der Waals surface area contributed by atoms with Gasteiger partial charge in [-0.25, -0.2) is 18.9 Å². The van der Waals surface area contributed by atoms with Crippen LogP contribution in [0.2, 0.25) is 0 Å². The van der Waals surface area contributed by atoms with Crippen LogP contribution < -0.4 is 4.90 Å². The van der Waals surface area contributed by atoms with E-state index in [2.05, 4.69) is 20.1 Å². The zero-order chi connectivity index (χ0) is 17.4. The number of nitrogens with zero attached hydrogens (tertiary/aromatic N) is 6. The summed E-state index contributed by atoms with van der Waals surface area (Å²) in [5.41, 5.74) is 3.42. The van der Waals surface area contributed by atoms with Gasteiger partial charge in [-0.15, -0.1) is 5.10 Å². The van der Waals surface area contributed by atoms with E-state index in [1.807, 2.05) is 49.1 Å². The van der Waals surface area contributed by atoms with Crippen molar-refractivity contribution in [3.05, 3.63) is 47.3 Å². The fourth-order valence-corrected chi connectivity index (χ4v) is 2.94. The van der Waals surface area contributed by atoms with Crippen LogP contribution in [0.25, 0.3) is 17.8 Å². The lowest BCUT2D eigenvalue weighted by Gasteiger charge is -2.16. The van der Waals surface area contributed by atoms with Crippen molar-refractivity contribution in [3.8, 4) is 0 Å². The third-order valence-corrected chi connectivity index (χ3v) is 4.48. The topological polar surface area (TPSA) is 59.2 Å². The molecule has 6 nitrogen and oxygen atoms in total. The fourth-order valence-electron chi connectivity index (χ4n) is 2.94. The summed E-state index contributed by atoms with van der Waals surface area (Å²) in [4.78, 5) is 15.3. The molecule has 0 saturated carbocycles. The van der Waals surface area contributed by atoms with Gasteiger partial charge in [0.05, 0.1) is 29.8 Å². The van der Waals surface area contributed by atoms with Gasteiger partial charge in [0.15, 0.2) is 11.5 Å². The van der Waals surface area contributed by atoms with E-state index in [4.69, 9.17) is 0 Å². The largest absolute Gasteiger partial charge is 0.354 e. The minimum absolute atomic E-state index is 0.416. The van der Waals surface area contributed by atoms with Gasteiger partial charge in [-0.3, -0.25) is 4.98 Å². The predicted molar refractivity (Wildman–Crippen MR) is 95.1 cm³/mol. The van der Waals surface area contributed by atoms with Gasteiger partial charge in [0.25, 0.3) is 0 Å². The van der Waals surface area contributed by atoms with Crippen molar-refractivity contribution in [2.24, 2.45) is 0 Å². The number of anilines is 1. The first-order valence-corrected chi connectivity index (χ1v) is 8.33. The zero-order valence-electron chi connectivity index (χ0n) is 14.2. The van der Waals surface area contributed by atoms with Crippen LogP contribution in [0.3, 0.4) is 0 Å². The molecule has 1 aliphatic heterocycles. The molecule has 4 rings (SSSR count). The fraction of sp³-hybridized carbons (Fsp3) is 0.333. The van der Waals surface area contributed by atoms with Crippen LogP contribution in [0.4, 0.5) is 10.2 Å². The van der Waals surface area contributed by atoms with Crippen LogP contribution in [0.15, 0.2) is 24.4 Å². The molecule has 7 heteroatoms. The molecule has 128 valence electrons. The Morgan fingerprint density at radius 2 is 2.08 bits per heavy atom. The molecule has 0 amide bonds. The van der Waals surface area contributed by atoms with Crippen molar-refractivity contribution in [3.63, 3.8) is 0 Å². The molecule has 1 aliphatic rings. The Labute approximate surface area is 145 Å². The van der Waals surface area contributed by atoms with Crippen molar-refractivity contribution < 1.29 is 4.39 Å². The van der Waals surface area contributed by atoms with Crippen molar-refractivity contribution in [1.29, 1.82) is 0 Å². The van der Waals surface area contributed by atoms with Gasteiger partial charge in [0.2, 0.25) is 0 Å². The molecule has 1 atom stereocenters. The van der Waals surface area contributed by atoms with E-state index in [1.165, 1.54) is 0 Å². The van der Waals surface area contributed by atoms with Crippen molar-refractivity contribution in [2.75, 3.05) is 18.0 Å². The third kappa shape index (κ3) is 3.09. The molecule has 3 aromatic rings. The molecule has 0 N–H and O–H groups in total. The van der Waals surface area contributed by atoms with Gasteiger partial charge in [-0.2, -0.15) is 0 Å². The summed E-state index contributed by atoms with van der Waals surface area (Å²) in [6.45, 7) is 5.04. The van der Waals surface area contributed by atoms with Crippen molar-refractivity contribution >= 4 is 23.6 Å². The Morgan fingerprint density at radius 3 is 2.88 bits per heavy atom. The highest BCUT2D eigenvalue weighted by atomic mass is 19.1. The van der Waals surface area contributed by atoms with Crippen LogP contribution in [-0.4, -0.2) is 43.8 Å². The monoisotopic (exact) mass is 338 g/mol. The lowest BCUT2D eigenvalue weighted by Crippen LogP contribution is -2.21. The second kappa shape index (κ2) is 6.23. The maximum atomic E-state index is 13.4. The van der Waals surface area contributed by atoms with Crippen molar-refractivity contribution in [2.45, 2.75) is 26.4 Å². The lowest BCUT2D eigenvalue weighted by molar-refractivity contribution is 0.364. The first-order chi connectivity index (χ1) is 12.1. The lowest BCUT2D eigenvalue weighted by atomic mass is 10.3. The van der Waals surface area contributed by atoms with Crippen LogP contribution in [0, 0.1) is 13.8 Å². The van der Waals surface area contributed by atoms with Crippen molar-refractivity contribution in [1.82, 2.24) is 24.6 Å². The van der Waals surface area contributed by atoms with E-state index < -0.39 is 6.17 Å². The average molecular weight is 338 g/mol. The minimum Gasteiger partial charge on any atom is -0.354 e. The Hall–Kier alpha value is -2.83. The number of hydrogen-bond acceptors (Lipinski definition) is 5. The number of alkyl halides is 1. The molecule has 3 aromatic heterocycles.